The lowest BCUT2D eigenvalue weighted by Gasteiger charge is -2.16. The van der Waals surface area contributed by atoms with Gasteiger partial charge in [-0.1, -0.05) is 0 Å². The standard InChI is InChI=1S/C7H14N4/c1-7(2,8)4-6-9-5-10-11(6)3/h5H,4,8H2,1-3H3. The van der Waals surface area contributed by atoms with Gasteiger partial charge in [-0.15, -0.1) is 0 Å². The zero-order chi connectivity index (χ0) is 8.48. The van der Waals surface area contributed by atoms with Crippen molar-refractivity contribution in [1.29, 1.82) is 0 Å². The molecule has 1 rings (SSSR count). The molecule has 0 bridgehead atoms. The summed E-state index contributed by atoms with van der Waals surface area (Å²) in [5.41, 5.74) is 5.61. The summed E-state index contributed by atoms with van der Waals surface area (Å²) in [6.45, 7) is 3.95. The molecule has 1 heterocycles. The van der Waals surface area contributed by atoms with Crippen molar-refractivity contribution in [3.63, 3.8) is 0 Å². The Morgan fingerprint density at radius 3 is 2.64 bits per heavy atom. The van der Waals surface area contributed by atoms with Crippen molar-refractivity contribution in [3.05, 3.63) is 12.2 Å². The molecule has 0 atom stereocenters. The second kappa shape index (κ2) is 2.62. The smallest absolute Gasteiger partial charge is 0.138 e. The summed E-state index contributed by atoms with van der Waals surface area (Å²) in [5, 5.41) is 3.95. The molecule has 1 aromatic rings. The Hall–Kier alpha value is -0.900. The monoisotopic (exact) mass is 154 g/mol. The first-order valence-electron chi connectivity index (χ1n) is 3.61. The van der Waals surface area contributed by atoms with E-state index < -0.39 is 0 Å². The largest absolute Gasteiger partial charge is 0.325 e. The van der Waals surface area contributed by atoms with Crippen LogP contribution < -0.4 is 5.73 Å². The molecule has 0 amide bonds. The molecule has 11 heavy (non-hydrogen) atoms. The van der Waals surface area contributed by atoms with Gasteiger partial charge in [-0.3, -0.25) is 4.68 Å². The maximum atomic E-state index is 5.81. The molecule has 0 saturated heterocycles. The minimum absolute atomic E-state index is 0.208. The minimum Gasteiger partial charge on any atom is -0.325 e. The quantitative estimate of drug-likeness (QED) is 0.657. The Morgan fingerprint density at radius 2 is 2.27 bits per heavy atom. The van der Waals surface area contributed by atoms with Crippen molar-refractivity contribution in [2.45, 2.75) is 25.8 Å². The highest BCUT2D eigenvalue weighted by atomic mass is 15.3. The van der Waals surface area contributed by atoms with E-state index >= 15 is 0 Å². The van der Waals surface area contributed by atoms with Crippen LogP contribution >= 0.6 is 0 Å². The van der Waals surface area contributed by atoms with Crippen LogP contribution in [0.15, 0.2) is 6.33 Å². The van der Waals surface area contributed by atoms with Crippen LogP contribution in [-0.2, 0) is 13.5 Å². The Bertz CT molecular complexity index is 233. The maximum Gasteiger partial charge on any atom is 0.138 e. The number of aromatic nitrogens is 3. The predicted octanol–water partition coefficient (Wildman–Crippen LogP) is 0.0949. The number of hydrogen-bond acceptors (Lipinski definition) is 3. The summed E-state index contributed by atoms with van der Waals surface area (Å²) in [7, 11) is 1.87. The highest BCUT2D eigenvalue weighted by molar-refractivity contribution is 4.92. The molecule has 0 aromatic carbocycles. The van der Waals surface area contributed by atoms with Gasteiger partial charge in [0.15, 0.2) is 0 Å². The van der Waals surface area contributed by atoms with Crippen molar-refractivity contribution < 1.29 is 0 Å². The Balaban J connectivity index is 2.72. The molecule has 0 radical (unpaired) electrons. The summed E-state index contributed by atoms with van der Waals surface area (Å²) >= 11 is 0. The lowest BCUT2D eigenvalue weighted by Crippen LogP contribution is -2.35. The molecule has 0 spiro atoms. The van der Waals surface area contributed by atoms with Crippen molar-refractivity contribution in [3.8, 4) is 0 Å². The van der Waals surface area contributed by atoms with E-state index in [1.54, 1.807) is 11.0 Å². The van der Waals surface area contributed by atoms with E-state index in [-0.39, 0.29) is 5.54 Å². The second-order valence-corrected chi connectivity index (χ2v) is 3.47. The van der Waals surface area contributed by atoms with Crippen LogP contribution in [0.3, 0.4) is 0 Å². The molecule has 2 N–H and O–H groups in total. The van der Waals surface area contributed by atoms with Crippen molar-refractivity contribution in [1.82, 2.24) is 14.8 Å². The average molecular weight is 154 g/mol. The average Bonchev–Trinajstić information content (AvgIpc) is 2.12. The van der Waals surface area contributed by atoms with E-state index in [0.29, 0.717) is 0 Å². The molecule has 0 fully saturated rings. The normalized spacial score (nSPS) is 12.0. The van der Waals surface area contributed by atoms with Gasteiger partial charge in [0.1, 0.15) is 12.2 Å². The van der Waals surface area contributed by atoms with Crippen LogP contribution in [-0.4, -0.2) is 20.3 Å². The lowest BCUT2D eigenvalue weighted by molar-refractivity contribution is 0.488. The third-order valence-corrected chi connectivity index (χ3v) is 1.42. The first-order valence-corrected chi connectivity index (χ1v) is 3.61. The second-order valence-electron chi connectivity index (χ2n) is 3.47. The first kappa shape index (κ1) is 8.20. The lowest BCUT2D eigenvalue weighted by atomic mass is 10.0. The zero-order valence-corrected chi connectivity index (χ0v) is 7.20. The SMILES string of the molecule is Cn1ncnc1CC(C)(C)N. The van der Waals surface area contributed by atoms with Crippen molar-refractivity contribution in [2.24, 2.45) is 12.8 Å². The van der Waals surface area contributed by atoms with E-state index in [9.17, 15) is 0 Å². The molecule has 4 heteroatoms. The van der Waals surface area contributed by atoms with Gasteiger partial charge in [0, 0.05) is 19.0 Å². The third-order valence-electron chi connectivity index (χ3n) is 1.42. The van der Waals surface area contributed by atoms with E-state index in [2.05, 4.69) is 10.1 Å². The Labute approximate surface area is 66.4 Å². The zero-order valence-electron chi connectivity index (χ0n) is 7.20. The molecule has 1 aromatic heterocycles. The van der Waals surface area contributed by atoms with Gasteiger partial charge in [0.2, 0.25) is 0 Å². The van der Waals surface area contributed by atoms with Gasteiger partial charge in [0.25, 0.3) is 0 Å². The molecule has 0 unspecified atom stereocenters. The van der Waals surface area contributed by atoms with E-state index in [0.717, 1.165) is 12.2 Å². The fourth-order valence-electron chi connectivity index (χ4n) is 0.888. The molecule has 0 aliphatic heterocycles. The number of nitrogens with two attached hydrogens (primary N) is 1. The molecular formula is C7H14N4. The summed E-state index contributed by atoms with van der Waals surface area (Å²) in [5.74, 6) is 0.928. The van der Waals surface area contributed by atoms with Gasteiger partial charge in [-0.2, -0.15) is 5.10 Å². The molecule has 4 nitrogen and oxygen atoms in total. The predicted molar refractivity (Wildman–Crippen MR) is 43.0 cm³/mol. The van der Waals surface area contributed by atoms with Crippen LogP contribution in [0.25, 0.3) is 0 Å². The number of hydrogen-bond donors (Lipinski definition) is 1. The highest BCUT2D eigenvalue weighted by Gasteiger charge is 2.14. The molecule has 62 valence electrons. The molecule has 0 aliphatic carbocycles. The fourth-order valence-corrected chi connectivity index (χ4v) is 0.888. The molecule has 0 aliphatic rings. The number of aryl methyl sites for hydroxylation is 1. The van der Waals surface area contributed by atoms with Gasteiger partial charge >= 0.3 is 0 Å². The van der Waals surface area contributed by atoms with Crippen molar-refractivity contribution in [2.75, 3.05) is 0 Å². The van der Waals surface area contributed by atoms with Gasteiger partial charge in [0.05, 0.1) is 0 Å². The minimum atomic E-state index is -0.208. The number of nitrogens with zero attached hydrogens (tertiary/aromatic N) is 3. The van der Waals surface area contributed by atoms with Crippen molar-refractivity contribution >= 4 is 0 Å². The van der Waals surface area contributed by atoms with E-state index in [1.165, 1.54) is 0 Å². The summed E-state index contributed by atoms with van der Waals surface area (Å²) in [6, 6.07) is 0. The van der Waals surface area contributed by atoms with Gasteiger partial charge in [-0.25, -0.2) is 4.98 Å². The van der Waals surface area contributed by atoms with Crippen LogP contribution in [0, 0.1) is 0 Å². The summed E-state index contributed by atoms with van der Waals surface area (Å²) in [6.07, 6.45) is 2.30. The third kappa shape index (κ3) is 2.31. The van der Waals surface area contributed by atoms with Crippen LogP contribution in [0.4, 0.5) is 0 Å². The Kier molecular flexibility index (Phi) is 1.95. The summed E-state index contributed by atoms with van der Waals surface area (Å²) in [4.78, 5) is 4.07. The van der Waals surface area contributed by atoms with Gasteiger partial charge < -0.3 is 5.73 Å². The Morgan fingerprint density at radius 1 is 1.64 bits per heavy atom. The number of rotatable bonds is 2. The van der Waals surface area contributed by atoms with Crippen LogP contribution in [0.5, 0.6) is 0 Å². The summed E-state index contributed by atoms with van der Waals surface area (Å²) < 4.78 is 1.74. The molecule has 0 saturated carbocycles. The first-order chi connectivity index (χ1) is 4.99. The fraction of sp³-hybridized carbons (Fsp3) is 0.714. The molecular weight excluding hydrogens is 140 g/mol. The topological polar surface area (TPSA) is 56.7 Å². The van der Waals surface area contributed by atoms with Crippen LogP contribution in [0.1, 0.15) is 19.7 Å². The van der Waals surface area contributed by atoms with Crippen LogP contribution in [0.2, 0.25) is 0 Å². The maximum absolute atomic E-state index is 5.81. The highest BCUT2D eigenvalue weighted by Crippen LogP contribution is 2.05. The van der Waals surface area contributed by atoms with E-state index in [4.69, 9.17) is 5.73 Å². The van der Waals surface area contributed by atoms with E-state index in [1.807, 2.05) is 20.9 Å². The van der Waals surface area contributed by atoms with Gasteiger partial charge in [-0.05, 0) is 13.8 Å².